The highest BCUT2D eigenvalue weighted by Crippen LogP contribution is 2.35. The Bertz CT molecular complexity index is 965. The number of aromatic nitrogens is 4. The largest absolute Gasteiger partial charge is 0.477 e. The molecule has 0 bridgehead atoms. The van der Waals surface area contributed by atoms with Gasteiger partial charge in [0.05, 0.1) is 29.3 Å². The Morgan fingerprint density at radius 3 is 2.52 bits per heavy atom. The lowest BCUT2D eigenvalue weighted by atomic mass is 10.1. The second kappa shape index (κ2) is 8.30. The minimum atomic E-state index is 0.572. The van der Waals surface area contributed by atoms with Crippen molar-refractivity contribution in [2.24, 2.45) is 0 Å². The molecular weight excluding hydrogens is 356 g/mol. The highest BCUT2D eigenvalue weighted by Gasteiger charge is 2.19. The molecule has 0 N–H and O–H groups in total. The van der Waals surface area contributed by atoms with Crippen LogP contribution in [0, 0.1) is 13.8 Å². The lowest BCUT2D eigenvalue weighted by Crippen LogP contribution is -2.04. The Labute approximate surface area is 165 Å². The van der Waals surface area contributed by atoms with E-state index in [0.29, 0.717) is 12.5 Å². The van der Waals surface area contributed by atoms with E-state index in [9.17, 15) is 0 Å². The van der Waals surface area contributed by atoms with E-state index in [1.165, 1.54) is 0 Å². The van der Waals surface area contributed by atoms with Crippen LogP contribution < -0.4 is 4.74 Å². The van der Waals surface area contributed by atoms with Gasteiger partial charge in [0.15, 0.2) is 5.65 Å². The summed E-state index contributed by atoms with van der Waals surface area (Å²) in [5.41, 5.74) is 6.80. The molecule has 5 nitrogen and oxygen atoms in total. The zero-order valence-corrected chi connectivity index (χ0v) is 17.9. The summed E-state index contributed by atoms with van der Waals surface area (Å²) in [6.07, 6.45) is 6.17. The van der Waals surface area contributed by atoms with Crippen LogP contribution in [0.4, 0.5) is 0 Å². The van der Waals surface area contributed by atoms with Gasteiger partial charge in [-0.1, -0.05) is 13.8 Å². The Hall–Kier alpha value is -2.08. The van der Waals surface area contributed by atoms with Crippen molar-refractivity contribution >= 4 is 22.9 Å². The maximum absolute atomic E-state index is 5.88. The number of rotatable bonds is 7. The molecule has 3 aromatic heterocycles. The summed E-state index contributed by atoms with van der Waals surface area (Å²) in [7, 11) is 0. The molecule has 27 heavy (non-hydrogen) atoms. The summed E-state index contributed by atoms with van der Waals surface area (Å²) >= 11 is 1.71. The maximum atomic E-state index is 5.88. The first-order chi connectivity index (χ1) is 13.0. The fourth-order valence-corrected chi connectivity index (χ4v) is 4.02. The quantitative estimate of drug-likeness (QED) is 0.524. The first kappa shape index (κ1) is 19.7. The molecule has 0 saturated heterocycles. The number of hydrogen-bond acceptors (Lipinski definition) is 5. The average molecular weight is 385 g/mol. The molecule has 0 aliphatic rings. The molecule has 3 heterocycles. The topological polar surface area (TPSA) is 52.8 Å². The third-order valence-electron chi connectivity index (χ3n) is 4.63. The van der Waals surface area contributed by atoms with Crippen molar-refractivity contribution in [3.05, 3.63) is 29.2 Å². The van der Waals surface area contributed by atoms with Crippen molar-refractivity contribution in [2.75, 3.05) is 12.9 Å². The van der Waals surface area contributed by atoms with Crippen LogP contribution in [-0.4, -0.2) is 32.4 Å². The van der Waals surface area contributed by atoms with Crippen LogP contribution in [0.3, 0.4) is 0 Å². The van der Waals surface area contributed by atoms with Crippen LogP contribution in [0.5, 0.6) is 5.88 Å². The summed E-state index contributed by atoms with van der Waals surface area (Å²) in [4.78, 5) is 15.9. The van der Waals surface area contributed by atoms with Gasteiger partial charge in [-0.05, 0) is 51.5 Å². The fraction of sp³-hybridized carbons (Fsp3) is 0.476. The van der Waals surface area contributed by atoms with E-state index in [2.05, 4.69) is 43.9 Å². The Morgan fingerprint density at radius 2 is 1.89 bits per heavy atom. The molecule has 0 aliphatic carbocycles. The van der Waals surface area contributed by atoms with Crippen LogP contribution in [0.2, 0.25) is 0 Å². The summed E-state index contributed by atoms with van der Waals surface area (Å²) < 4.78 is 8.08. The van der Waals surface area contributed by atoms with E-state index in [-0.39, 0.29) is 0 Å². The van der Waals surface area contributed by atoms with Gasteiger partial charge in [-0.3, -0.25) is 0 Å². The maximum Gasteiger partial charge on any atom is 0.223 e. The molecule has 0 radical (unpaired) electrons. The van der Waals surface area contributed by atoms with E-state index in [0.717, 1.165) is 63.7 Å². The highest BCUT2D eigenvalue weighted by atomic mass is 32.2. The summed E-state index contributed by atoms with van der Waals surface area (Å²) in [6.45, 7) is 11.9. The van der Waals surface area contributed by atoms with Crippen LogP contribution in [-0.2, 0) is 13.0 Å². The summed E-state index contributed by atoms with van der Waals surface area (Å²) in [5.74, 6) is 0.648. The number of nitrogens with zero attached hydrogens (tertiary/aromatic N) is 4. The molecule has 0 fully saturated rings. The highest BCUT2D eigenvalue weighted by molar-refractivity contribution is 7.98. The Kier molecular flexibility index (Phi) is 6.05. The summed E-state index contributed by atoms with van der Waals surface area (Å²) in [5, 5.41) is 0. The minimum Gasteiger partial charge on any atom is -0.477 e. The number of hydrogen-bond donors (Lipinski definition) is 0. The number of pyridine rings is 1. The zero-order valence-electron chi connectivity index (χ0n) is 17.1. The van der Waals surface area contributed by atoms with Gasteiger partial charge in [0.2, 0.25) is 5.88 Å². The number of ether oxygens (including phenoxy) is 1. The Morgan fingerprint density at radius 1 is 1.11 bits per heavy atom. The van der Waals surface area contributed by atoms with Crippen LogP contribution in [0.15, 0.2) is 17.2 Å². The van der Waals surface area contributed by atoms with Gasteiger partial charge in [0.25, 0.3) is 0 Å². The molecule has 0 unspecified atom stereocenters. The molecule has 3 aromatic rings. The van der Waals surface area contributed by atoms with Crippen molar-refractivity contribution in [2.45, 2.75) is 58.9 Å². The molecule has 0 amide bonds. The van der Waals surface area contributed by atoms with Gasteiger partial charge in [-0.2, -0.15) is 0 Å². The molecule has 0 atom stereocenters. The zero-order chi connectivity index (χ0) is 19.6. The Balaban J connectivity index is 2.25. The van der Waals surface area contributed by atoms with Crippen molar-refractivity contribution in [1.82, 2.24) is 19.5 Å². The predicted molar refractivity (Wildman–Crippen MR) is 113 cm³/mol. The smallest absolute Gasteiger partial charge is 0.223 e. The van der Waals surface area contributed by atoms with Gasteiger partial charge in [-0.15, -0.1) is 11.8 Å². The lowest BCUT2D eigenvalue weighted by Gasteiger charge is -2.15. The number of thioether (sulfide) groups is 1. The van der Waals surface area contributed by atoms with Crippen molar-refractivity contribution in [3.63, 3.8) is 0 Å². The predicted octanol–water partition coefficient (Wildman–Crippen LogP) is 5.20. The lowest BCUT2D eigenvalue weighted by molar-refractivity contribution is 0.326. The average Bonchev–Trinajstić information content (AvgIpc) is 2.96. The standard InChI is InChI=1S/C21H28N4OS/c1-7-10-25-12-13(4)18-20(25)22-14(5)19(24-18)15-11-17(27-6)16(8-2)23-21(15)26-9-3/h11-12H,7-10H2,1-6H3. The molecule has 144 valence electrons. The third-order valence-corrected chi connectivity index (χ3v) is 5.42. The second-order valence-electron chi connectivity index (χ2n) is 6.61. The molecular formula is C21H28N4OS. The van der Waals surface area contributed by atoms with Gasteiger partial charge in [-0.25, -0.2) is 15.0 Å². The molecule has 0 spiro atoms. The number of fused-ring (bicyclic) bond motifs is 1. The van der Waals surface area contributed by atoms with Crippen LogP contribution >= 0.6 is 11.8 Å². The van der Waals surface area contributed by atoms with Crippen LogP contribution in [0.1, 0.15) is 44.1 Å². The molecule has 3 rings (SSSR count). The fourth-order valence-electron chi connectivity index (χ4n) is 3.36. The first-order valence-corrected chi connectivity index (χ1v) is 10.8. The van der Waals surface area contributed by atoms with Gasteiger partial charge < -0.3 is 9.30 Å². The van der Waals surface area contributed by atoms with Crippen molar-refractivity contribution in [3.8, 4) is 17.1 Å². The molecule has 0 saturated carbocycles. The van der Waals surface area contributed by atoms with E-state index in [4.69, 9.17) is 19.7 Å². The minimum absolute atomic E-state index is 0.572. The van der Waals surface area contributed by atoms with E-state index < -0.39 is 0 Å². The van der Waals surface area contributed by atoms with Crippen molar-refractivity contribution < 1.29 is 4.74 Å². The molecule has 0 aliphatic heterocycles. The summed E-state index contributed by atoms with van der Waals surface area (Å²) in [6, 6.07) is 2.16. The van der Waals surface area contributed by atoms with Gasteiger partial charge in [0, 0.05) is 17.6 Å². The first-order valence-electron chi connectivity index (χ1n) is 9.59. The van der Waals surface area contributed by atoms with E-state index >= 15 is 0 Å². The second-order valence-corrected chi connectivity index (χ2v) is 7.46. The normalized spacial score (nSPS) is 11.3. The van der Waals surface area contributed by atoms with Crippen LogP contribution in [0.25, 0.3) is 22.4 Å². The monoisotopic (exact) mass is 384 g/mol. The van der Waals surface area contributed by atoms with Gasteiger partial charge in [0.1, 0.15) is 5.52 Å². The van der Waals surface area contributed by atoms with Crippen molar-refractivity contribution in [1.29, 1.82) is 0 Å². The third kappa shape index (κ3) is 3.68. The SMILES string of the molecule is CCCn1cc(C)c2nc(-c3cc(SC)c(CC)nc3OCC)c(C)nc21. The van der Waals surface area contributed by atoms with Gasteiger partial charge >= 0.3 is 0 Å². The number of aryl methyl sites for hydroxylation is 4. The molecule has 0 aromatic carbocycles. The van der Waals surface area contributed by atoms with E-state index in [1.807, 2.05) is 13.8 Å². The van der Waals surface area contributed by atoms with E-state index in [1.54, 1.807) is 11.8 Å². The molecule has 6 heteroatoms.